The number of carbonyl (C=O) groups excluding carboxylic acids is 2. The number of rotatable bonds is 5. The fraction of sp³-hybridized carbons (Fsp3) is 0.0667. The number of Topliss-reactive ketones (excluding diaryl/α,β-unsaturated/α-hetero) is 1. The van der Waals surface area contributed by atoms with Crippen LogP contribution in [-0.4, -0.2) is 18.3 Å². The average molecular weight is 291 g/mol. The quantitative estimate of drug-likeness (QED) is 0.859. The number of ketones is 1. The second-order valence-electron chi connectivity index (χ2n) is 4.20. The highest BCUT2D eigenvalue weighted by atomic mass is 19.1. The summed E-state index contributed by atoms with van der Waals surface area (Å²) in [4.78, 5) is 23.0. The van der Waals surface area contributed by atoms with E-state index in [-0.39, 0.29) is 11.3 Å². The standard InChI is InChI=1S/C15H11F2NO3/c16-10-4-1-3-9(7-10)12(19)8-21-13-6-2-5-11(17)14(13)15(18)20/h1-7H,8H2,(H2,18,20). The summed E-state index contributed by atoms with van der Waals surface area (Å²) in [7, 11) is 0. The van der Waals surface area contributed by atoms with Gasteiger partial charge in [-0.3, -0.25) is 9.59 Å². The van der Waals surface area contributed by atoms with Crippen molar-refractivity contribution in [1.82, 2.24) is 0 Å². The molecule has 0 saturated carbocycles. The van der Waals surface area contributed by atoms with Gasteiger partial charge in [0.2, 0.25) is 0 Å². The fourth-order valence-electron chi connectivity index (χ4n) is 1.75. The molecule has 0 aliphatic rings. The first-order chi connectivity index (χ1) is 9.99. The predicted molar refractivity (Wildman–Crippen MR) is 71.1 cm³/mol. The Morgan fingerprint density at radius 3 is 2.48 bits per heavy atom. The maximum Gasteiger partial charge on any atom is 0.255 e. The van der Waals surface area contributed by atoms with Crippen LogP contribution in [0, 0.1) is 11.6 Å². The summed E-state index contributed by atoms with van der Waals surface area (Å²) in [5.41, 5.74) is 4.75. The summed E-state index contributed by atoms with van der Waals surface area (Å²) < 4.78 is 31.6. The van der Waals surface area contributed by atoms with Crippen LogP contribution < -0.4 is 10.5 Å². The molecule has 0 fully saturated rings. The summed E-state index contributed by atoms with van der Waals surface area (Å²) in [5, 5.41) is 0. The van der Waals surface area contributed by atoms with Crippen LogP contribution in [-0.2, 0) is 0 Å². The minimum absolute atomic E-state index is 0.118. The zero-order valence-corrected chi connectivity index (χ0v) is 10.8. The van der Waals surface area contributed by atoms with Crippen LogP contribution in [0.3, 0.4) is 0 Å². The average Bonchev–Trinajstić information content (AvgIpc) is 2.44. The predicted octanol–water partition coefficient (Wildman–Crippen LogP) is 2.33. The Balaban J connectivity index is 2.15. The lowest BCUT2D eigenvalue weighted by Crippen LogP contribution is -2.18. The molecule has 0 aliphatic heterocycles. The minimum atomic E-state index is -0.999. The van der Waals surface area contributed by atoms with Gasteiger partial charge in [0.05, 0.1) is 0 Å². The zero-order valence-electron chi connectivity index (χ0n) is 10.8. The summed E-state index contributed by atoms with van der Waals surface area (Å²) in [6, 6.07) is 8.78. The first kappa shape index (κ1) is 14.6. The number of carbonyl (C=O) groups is 2. The molecular weight excluding hydrogens is 280 g/mol. The molecule has 0 radical (unpaired) electrons. The number of hydrogen-bond acceptors (Lipinski definition) is 3. The van der Waals surface area contributed by atoms with Crippen LogP contribution in [0.2, 0.25) is 0 Å². The zero-order chi connectivity index (χ0) is 15.4. The largest absolute Gasteiger partial charge is 0.484 e. The van der Waals surface area contributed by atoms with Gasteiger partial charge >= 0.3 is 0 Å². The number of ether oxygens (including phenoxy) is 1. The van der Waals surface area contributed by atoms with E-state index in [4.69, 9.17) is 10.5 Å². The van der Waals surface area contributed by atoms with E-state index in [0.717, 1.165) is 12.1 Å². The van der Waals surface area contributed by atoms with Crippen LogP contribution in [0.4, 0.5) is 8.78 Å². The molecule has 108 valence electrons. The molecule has 4 nitrogen and oxygen atoms in total. The number of amides is 1. The van der Waals surface area contributed by atoms with Gasteiger partial charge in [0.1, 0.15) is 22.9 Å². The Labute approximate surface area is 119 Å². The van der Waals surface area contributed by atoms with Gasteiger partial charge in [-0.1, -0.05) is 18.2 Å². The normalized spacial score (nSPS) is 10.2. The lowest BCUT2D eigenvalue weighted by molar-refractivity contribution is 0.0910. The number of benzene rings is 2. The molecule has 1 amide bonds. The molecule has 21 heavy (non-hydrogen) atoms. The molecule has 0 heterocycles. The van der Waals surface area contributed by atoms with Crippen molar-refractivity contribution in [2.45, 2.75) is 0 Å². The number of primary amides is 1. The molecule has 0 spiro atoms. The van der Waals surface area contributed by atoms with E-state index in [1.807, 2.05) is 0 Å². The molecule has 0 bridgehead atoms. The molecule has 0 atom stereocenters. The van der Waals surface area contributed by atoms with Crippen LogP contribution in [0.5, 0.6) is 5.75 Å². The third-order valence-corrected chi connectivity index (χ3v) is 2.73. The van der Waals surface area contributed by atoms with E-state index in [0.29, 0.717) is 0 Å². The Hall–Kier alpha value is -2.76. The highest BCUT2D eigenvalue weighted by Gasteiger charge is 2.16. The Bertz CT molecular complexity index is 701. The van der Waals surface area contributed by atoms with Gasteiger partial charge in [0, 0.05) is 5.56 Å². The van der Waals surface area contributed by atoms with Gasteiger partial charge < -0.3 is 10.5 Å². The number of hydrogen-bond donors (Lipinski definition) is 1. The van der Waals surface area contributed by atoms with Crippen molar-refractivity contribution in [1.29, 1.82) is 0 Å². The molecule has 0 unspecified atom stereocenters. The van der Waals surface area contributed by atoms with E-state index >= 15 is 0 Å². The Morgan fingerprint density at radius 1 is 1.10 bits per heavy atom. The maximum atomic E-state index is 13.5. The van der Waals surface area contributed by atoms with Crippen molar-refractivity contribution in [3.05, 3.63) is 65.2 Å². The Kier molecular flexibility index (Phi) is 4.27. The monoisotopic (exact) mass is 291 g/mol. The molecule has 0 saturated heterocycles. The molecule has 6 heteroatoms. The highest BCUT2D eigenvalue weighted by molar-refractivity contribution is 5.98. The van der Waals surface area contributed by atoms with Crippen molar-refractivity contribution in [2.75, 3.05) is 6.61 Å². The van der Waals surface area contributed by atoms with Crippen LogP contribution >= 0.6 is 0 Å². The number of nitrogens with two attached hydrogens (primary N) is 1. The van der Waals surface area contributed by atoms with Gasteiger partial charge in [0.15, 0.2) is 12.4 Å². The van der Waals surface area contributed by atoms with E-state index in [2.05, 4.69) is 0 Å². The first-order valence-corrected chi connectivity index (χ1v) is 5.99. The third kappa shape index (κ3) is 3.42. The molecular formula is C15H11F2NO3. The summed E-state index contributed by atoms with van der Waals surface area (Å²) in [5.74, 6) is -3.02. The second-order valence-corrected chi connectivity index (χ2v) is 4.20. The van der Waals surface area contributed by atoms with Crippen molar-refractivity contribution < 1.29 is 23.1 Å². The topological polar surface area (TPSA) is 69.4 Å². The lowest BCUT2D eigenvalue weighted by atomic mass is 10.1. The SMILES string of the molecule is NC(=O)c1c(F)cccc1OCC(=O)c1cccc(F)c1. The molecule has 0 aromatic heterocycles. The third-order valence-electron chi connectivity index (χ3n) is 2.73. The smallest absolute Gasteiger partial charge is 0.255 e. The lowest BCUT2D eigenvalue weighted by Gasteiger charge is -2.09. The van der Waals surface area contributed by atoms with Crippen LogP contribution in [0.1, 0.15) is 20.7 Å². The van der Waals surface area contributed by atoms with Gasteiger partial charge in [-0.25, -0.2) is 8.78 Å². The highest BCUT2D eigenvalue weighted by Crippen LogP contribution is 2.21. The van der Waals surface area contributed by atoms with E-state index in [1.54, 1.807) is 0 Å². The molecule has 2 aromatic carbocycles. The van der Waals surface area contributed by atoms with Gasteiger partial charge in [-0.2, -0.15) is 0 Å². The Morgan fingerprint density at radius 2 is 1.81 bits per heavy atom. The van der Waals surface area contributed by atoms with Gasteiger partial charge in [0.25, 0.3) is 5.91 Å². The fourth-order valence-corrected chi connectivity index (χ4v) is 1.75. The van der Waals surface area contributed by atoms with E-state index in [9.17, 15) is 18.4 Å². The van der Waals surface area contributed by atoms with Gasteiger partial charge in [-0.15, -0.1) is 0 Å². The summed E-state index contributed by atoms with van der Waals surface area (Å²) in [6.07, 6.45) is 0. The molecule has 2 aromatic rings. The van der Waals surface area contributed by atoms with Crippen molar-refractivity contribution in [3.63, 3.8) is 0 Å². The van der Waals surface area contributed by atoms with Crippen molar-refractivity contribution >= 4 is 11.7 Å². The van der Waals surface area contributed by atoms with Crippen LogP contribution in [0.25, 0.3) is 0 Å². The van der Waals surface area contributed by atoms with Crippen molar-refractivity contribution in [3.8, 4) is 5.75 Å². The molecule has 2 rings (SSSR count). The molecule has 2 N–H and O–H groups in total. The van der Waals surface area contributed by atoms with Gasteiger partial charge in [-0.05, 0) is 24.3 Å². The maximum absolute atomic E-state index is 13.5. The van der Waals surface area contributed by atoms with E-state index < -0.39 is 35.5 Å². The summed E-state index contributed by atoms with van der Waals surface area (Å²) in [6.45, 7) is -0.465. The summed E-state index contributed by atoms with van der Waals surface area (Å²) >= 11 is 0. The molecule has 0 aliphatic carbocycles. The second kappa shape index (κ2) is 6.13. The van der Waals surface area contributed by atoms with Crippen molar-refractivity contribution in [2.24, 2.45) is 5.73 Å². The van der Waals surface area contributed by atoms with Crippen LogP contribution in [0.15, 0.2) is 42.5 Å². The number of halogens is 2. The minimum Gasteiger partial charge on any atom is -0.484 e. The first-order valence-electron chi connectivity index (χ1n) is 5.99. The van der Waals surface area contributed by atoms with E-state index in [1.165, 1.54) is 30.3 Å².